The zero-order valence-electron chi connectivity index (χ0n) is 12.1. The van der Waals surface area contributed by atoms with Gasteiger partial charge >= 0.3 is 5.97 Å². The molecule has 0 spiro atoms. The van der Waals surface area contributed by atoms with Crippen LogP contribution in [-0.4, -0.2) is 39.2 Å². The molecule has 5 heteroatoms. The van der Waals surface area contributed by atoms with Crippen molar-refractivity contribution >= 4 is 17.1 Å². The standard InChI is InChI=1S/C13H25NO3S/c1-10(2)18(16)11-6-8-14(9-7-11)17-12(15)13(3,4)5/h10-11H,6-9H2,1-5H3. The Morgan fingerprint density at radius 3 is 2.22 bits per heavy atom. The van der Waals surface area contributed by atoms with Crippen molar-refractivity contribution < 1.29 is 14.2 Å². The van der Waals surface area contributed by atoms with E-state index in [2.05, 4.69) is 0 Å². The van der Waals surface area contributed by atoms with Crippen molar-refractivity contribution in [3.05, 3.63) is 0 Å². The van der Waals surface area contributed by atoms with E-state index in [1.54, 1.807) is 5.06 Å². The molecule has 0 radical (unpaired) electrons. The summed E-state index contributed by atoms with van der Waals surface area (Å²) in [5.41, 5.74) is -0.475. The van der Waals surface area contributed by atoms with E-state index in [-0.39, 0.29) is 16.5 Å². The highest BCUT2D eigenvalue weighted by Gasteiger charge is 2.33. The lowest BCUT2D eigenvalue weighted by Gasteiger charge is -2.33. The van der Waals surface area contributed by atoms with E-state index >= 15 is 0 Å². The summed E-state index contributed by atoms with van der Waals surface area (Å²) in [4.78, 5) is 17.1. The molecule has 0 amide bonds. The molecule has 1 rings (SSSR count). The Kier molecular flexibility index (Phi) is 5.49. The molecule has 1 atom stereocenters. The second kappa shape index (κ2) is 6.26. The zero-order chi connectivity index (χ0) is 13.9. The van der Waals surface area contributed by atoms with Crippen LogP contribution in [0, 0.1) is 5.41 Å². The summed E-state index contributed by atoms with van der Waals surface area (Å²) in [6, 6.07) is 0. The van der Waals surface area contributed by atoms with Crippen molar-refractivity contribution in [3.8, 4) is 0 Å². The molecule has 0 N–H and O–H groups in total. The Morgan fingerprint density at radius 2 is 1.83 bits per heavy atom. The fourth-order valence-electron chi connectivity index (χ4n) is 1.79. The first-order valence-corrected chi connectivity index (χ1v) is 7.86. The first-order valence-electron chi connectivity index (χ1n) is 6.58. The fraction of sp³-hybridized carbons (Fsp3) is 0.923. The predicted molar refractivity (Wildman–Crippen MR) is 73.4 cm³/mol. The molecule has 0 saturated carbocycles. The summed E-state index contributed by atoms with van der Waals surface area (Å²) in [7, 11) is 0. The molecule has 0 aromatic rings. The molecule has 4 nitrogen and oxygen atoms in total. The van der Waals surface area contributed by atoms with Gasteiger partial charge in [0.25, 0.3) is 0 Å². The number of nitrogens with zero attached hydrogens (tertiary/aromatic N) is 1. The average Bonchev–Trinajstić information content (AvgIpc) is 2.27. The third kappa shape index (κ3) is 4.44. The minimum absolute atomic E-state index is 0.203. The van der Waals surface area contributed by atoms with E-state index in [9.17, 15) is 9.35 Å². The van der Waals surface area contributed by atoms with Gasteiger partial charge in [0.15, 0.2) is 0 Å². The van der Waals surface area contributed by atoms with Crippen LogP contribution in [0.1, 0.15) is 47.5 Å². The third-order valence-corrected chi connectivity index (χ3v) is 5.08. The van der Waals surface area contributed by atoms with E-state index in [1.807, 2.05) is 34.6 Å². The first-order chi connectivity index (χ1) is 8.21. The number of hydrogen-bond donors (Lipinski definition) is 0. The Labute approximate surface area is 113 Å². The normalized spacial score (nSPS) is 21.1. The molecule has 0 aromatic carbocycles. The van der Waals surface area contributed by atoms with Crippen LogP contribution < -0.4 is 0 Å². The molecular weight excluding hydrogens is 250 g/mol. The summed E-state index contributed by atoms with van der Waals surface area (Å²) < 4.78 is 12.0. The Bertz CT molecular complexity index is 280. The van der Waals surface area contributed by atoms with Crippen molar-refractivity contribution in [1.29, 1.82) is 0 Å². The molecule has 1 unspecified atom stereocenters. The lowest BCUT2D eigenvalue weighted by atomic mass is 9.98. The smallest absolute Gasteiger partial charge is 0.330 e. The van der Waals surface area contributed by atoms with Crippen LogP contribution in [0.5, 0.6) is 0 Å². The number of rotatable bonds is 3. The summed E-state index contributed by atoms with van der Waals surface area (Å²) in [6.45, 7) is 10.9. The minimum Gasteiger partial charge on any atom is -0.616 e. The molecule has 1 heterocycles. The maximum Gasteiger partial charge on any atom is 0.330 e. The molecule has 106 valence electrons. The Morgan fingerprint density at radius 1 is 1.33 bits per heavy atom. The fourth-order valence-corrected chi connectivity index (χ4v) is 3.24. The summed E-state index contributed by atoms with van der Waals surface area (Å²) in [5, 5.41) is 2.16. The van der Waals surface area contributed by atoms with Crippen molar-refractivity contribution in [3.63, 3.8) is 0 Å². The lowest BCUT2D eigenvalue weighted by molar-refractivity contribution is -0.203. The molecule has 1 saturated heterocycles. The van der Waals surface area contributed by atoms with E-state index in [1.165, 1.54) is 0 Å². The molecule has 1 fully saturated rings. The second-order valence-corrected chi connectivity index (χ2v) is 8.40. The SMILES string of the molecule is CC(C)[S+]([O-])C1CCN(OC(=O)C(C)(C)C)CC1. The van der Waals surface area contributed by atoms with Gasteiger partial charge in [-0.3, -0.25) is 0 Å². The highest BCUT2D eigenvalue weighted by Crippen LogP contribution is 2.23. The number of carbonyl (C=O) groups excluding carboxylic acids is 1. The molecule has 1 aliphatic heterocycles. The highest BCUT2D eigenvalue weighted by atomic mass is 32.2. The maximum atomic E-state index is 12.0. The van der Waals surface area contributed by atoms with Crippen molar-refractivity contribution in [2.45, 2.75) is 58.0 Å². The van der Waals surface area contributed by atoms with Crippen LogP contribution in [-0.2, 0) is 20.8 Å². The second-order valence-electron chi connectivity index (χ2n) is 6.13. The minimum atomic E-state index is -0.770. The van der Waals surface area contributed by atoms with Gasteiger partial charge in [-0.05, 0) is 45.8 Å². The molecule has 0 aliphatic carbocycles. The first kappa shape index (κ1) is 15.8. The van der Waals surface area contributed by atoms with Crippen molar-refractivity contribution in [2.24, 2.45) is 5.41 Å². The topological polar surface area (TPSA) is 52.6 Å². The molecule has 18 heavy (non-hydrogen) atoms. The third-order valence-electron chi connectivity index (χ3n) is 3.02. The Balaban J connectivity index is 2.38. The van der Waals surface area contributed by atoms with Crippen LogP contribution in [0.25, 0.3) is 0 Å². The van der Waals surface area contributed by atoms with Crippen LogP contribution in [0.2, 0.25) is 0 Å². The summed E-state index contributed by atoms with van der Waals surface area (Å²) in [5.74, 6) is -0.203. The van der Waals surface area contributed by atoms with Gasteiger partial charge < -0.3 is 9.39 Å². The predicted octanol–water partition coefficient (Wildman–Crippen LogP) is 2.11. The van der Waals surface area contributed by atoms with Crippen molar-refractivity contribution in [1.82, 2.24) is 5.06 Å². The molecular formula is C13H25NO3S. The van der Waals surface area contributed by atoms with Crippen LogP contribution in [0.4, 0.5) is 0 Å². The van der Waals surface area contributed by atoms with Gasteiger partial charge in [-0.15, -0.1) is 5.06 Å². The van der Waals surface area contributed by atoms with E-state index in [0.717, 1.165) is 12.8 Å². The zero-order valence-corrected chi connectivity index (χ0v) is 12.9. The summed E-state index contributed by atoms with van der Waals surface area (Å²) >= 11 is -0.770. The lowest BCUT2D eigenvalue weighted by Crippen LogP contribution is -2.43. The van der Waals surface area contributed by atoms with E-state index < -0.39 is 16.6 Å². The summed E-state index contributed by atoms with van der Waals surface area (Å²) in [6.07, 6.45) is 1.67. The van der Waals surface area contributed by atoms with Gasteiger partial charge in [-0.1, -0.05) is 0 Å². The molecule has 1 aliphatic rings. The van der Waals surface area contributed by atoms with Crippen molar-refractivity contribution in [2.75, 3.05) is 13.1 Å². The van der Waals surface area contributed by atoms with Gasteiger partial charge in [0.2, 0.25) is 0 Å². The van der Waals surface area contributed by atoms with Crippen LogP contribution in [0.3, 0.4) is 0 Å². The Hall–Kier alpha value is -0.260. The molecule has 0 aromatic heterocycles. The monoisotopic (exact) mass is 275 g/mol. The largest absolute Gasteiger partial charge is 0.616 e. The quantitative estimate of drug-likeness (QED) is 0.740. The van der Waals surface area contributed by atoms with Crippen LogP contribution >= 0.6 is 0 Å². The number of hydroxylamine groups is 2. The van der Waals surface area contributed by atoms with Gasteiger partial charge in [-0.2, -0.15) is 0 Å². The van der Waals surface area contributed by atoms with Gasteiger partial charge in [0.1, 0.15) is 10.5 Å². The van der Waals surface area contributed by atoms with E-state index in [4.69, 9.17) is 4.84 Å². The average molecular weight is 275 g/mol. The highest BCUT2D eigenvalue weighted by molar-refractivity contribution is 7.92. The van der Waals surface area contributed by atoms with Gasteiger partial charge in [0.05, 0.1) is 5.41 Å². The molecule has 0 bridgehead atoms. The van der Waals surface area contributed by atoms with Crippen LogP contribution in [0.15, 0.2) is 0 Å². The van der Waals surface area contributed by atoms with Gasteiger partial charge in [-0.25, -0.2) is 4.79 Å². The van der Waals surface area contributed by atoms with Gasteiger partial charge in [0, 0.05) is 25.9 Å². The van der Waals surface area contributed by atoms with E-state index in [0.29, 0.717) is 13.1 Å². The maximum absolute atomic E-state index is 12.0. The number of hydrogen-bond acceptors (Lipinski definition) is 4. The number of carbonyl (C=O) groups is 1. The number of piperidine rings is 1.